The average molecular weight is 596 g/mol. The molecule has 6 heterocycles. The summed E-state index contributed by atoms with van der Waals surface area (Å²) in [6.07, 6.45) is 18.5. The van der Waals surface area contributed by atoms with Gasteiger partial charge in [0.25, 0.3) is 0 Å². The van der Waals surface area contributed by atoms with Gasteiger partial charge in [-0.15, -0.1) is 0 Å². The predicted molar refractivity (Wildman–Crippen MR) is 129 cm³/mol. The molecule has 0 atom stereocenters. The quantitative estimate of drug-likeness (QED) is 0.162. The first-order valence-electron chi connectivity index (χ1n) is 9.29. The van der Waals surface area contributed by atoms with Crippen LogP contribution < -0.4 is 0 Å². The molecule has 0 aromatic carbocycles. The maximum absolute atomic E-state index is 4.09. The Hall–Kier alpha value is -4.75. The van der Waals surface area contributed by atoms with E-state index in [1.165, 1.54) is 38.0 Å². The Morgan fingerprint density at radius 2 is 0.462 bits per heavy atom. The van der Waals surface area contributed by atoms with Crippen molar-refractivity contribution >= 4 is 14.2 Å². The van der Waals surface area contributed by atoms with Gasteiger partial charge in [0, 0.05) is 0 Å². The minimum atomic E-state index is -1.31. The second-order valence-corrected chi connectivity index (χ2v) is 6.46. The molecule has 24 nitrogen and oxygen atoms in total. The zero-order valence-corrected chi connectivity index (χ0v) is 20.8. The Kier molecular flexibility index (Phi) is 18.4. The molecule has 0 spiro atoms. The fourth-order valence-corrected chi connectivity index (χ4v) is 3.16. The van der Waals surface area contributed by atoms with Crippen molar-refractivity contribution in [3.63, 3.8) is 0 Å². The summed E-state index contributed by atoms with van der Waals surface area (Å²) in [7, 11) is -2.63. The Morgan fingerprint density at radius 1 is 0.308 bits per heavy atom. The zero-order valence-electron chi connectivity index (χ0n) is 19.7. The van der Waals surface area contributed by atoms with Crippen LogP contribution in [0.15, 0.2) is 75.9 Å². The molecule has 0 aliphatic rings. The Morgan fingerprint density at radius 3 is 0.564 bits per heavy atom. The predicted octanol–water partition coefficient (Wildman–Crippen LogP) is -8.70. The van der Waals surface area contributed by atoms with Crippen molar-refractivity contribution < 1.29 is 49.9 Å². The van der Waals surface area contributed by atoms with E-state index in [0.717, 1.165) is 0 Å². The van der Waals surface area contributed by atoms with Crippen molar-refractivity contribution in [1.82, 2.24) is 88.1 Å². The monoisotopic (exact) mass is 596 g/mol. The van der Waals surface area contributed by atoms with E-state index in [2.05, 4.69) is 60.5 Å². The molecule has 6 rings (SSSR count). The summed E-state index contributed by atoms with van der Waals surface area (Å²) >= 11 is 0. The summed E-state index contributed by atoms with van der Waals surface area (Å²) in [6.45, 7) is 0. The van der Waals surface area contributed by atoms with Crippen molar-refractivity contribution in [3.8, 4) is 0 Å². The number of hydrogen-bond donors (Lipinski definition) is 0. The molecule has 6 aromatic rings. The Balaban J connectivity index is -0.000000563. The molecule has 0 amide bonds. The third-order valence-electron chi connectivity index (χ3n) is 4.54. The van der Waals surface area contributed by atoms with Gasteiger partial charge in [-0.25, -0.2) is 60.5 Å². The molecular formula is C12H26B2FeN18O6. The minimum absolute atomic E-state index is 0. The Labute approximate surface area is 228 Å². The summed E-state index contributed by atoms with van der Waals surface area (Å²) < 4.78 is 10.1. The van der Waals surface area contributed by atoms with E-state index >= 15 is 0 Å². The third-order valence-corrected chi connectivity index (χ3v) is 4.54. The fourth-order valence-electron chi connectivity index (χ4n) is 3.16. The molecule has 0 aliphatic heterocycles. The van der Waals surface area contributed by atoms with Gasteiger partial charge in [0.2, 0.25) is 0 Å². The fraction of sp³-hybridized carbons (Fsp3) is 0. The average Bonchev–Trinajstić information content (AvgIpc) is 3.67. The van der Waals surface area contributed by atoms with Crippen molar-refractivity contribution in [2.45, 2.75) is 0 Å². The largest absolute Gasteiger partial charge is 2.00 e. The molecule has 0 saturated carbocycles. The molecule has 214 valence electrons. The first-order chi connectivity index (χ1) is 15.9. The summed E-state index contributed by atoms with van der Waals surface area (Å²) in [4.78, 5) is 23.5. The number of aromatic nitrogens is 18. The first-order valence-corrected chi connectivity index (χ1v) is 9.29. The van der Waals surface area contributed by atoms with Crippen LogP contribution in [0, 0.1) is 0 Å². The van der Waals surface area contributed by atoms with Crippen molar-refractivity contribution in [2.75, 3.05) is 0 Å². The van der Waals surface area contributed by atoms with Crippen LogP contribution in [-0.2, 0) is 17.1 Å². The topological polar surface area (TPSA) is 373 Å². The van der Waals surface area contributed by atoms with Crippen molar-refractivity contribution in [3.05, 3.63) is 75.9 Å². The van der Waals surface area contributed by atoms with Crippen LogP contribution in [-0.4, -0.2) is 135 Å². The van der Waals surface area contributed by atoms with Crippen LogP contribution in [0.4, 0.5) is 0 Å². The molecule has 0 aliphatic carbocycles. The number of nitrogens with zero attached hydrogens (tertiary/aromatic N) is 18. The van der Waals surface area contributed by atoms with Gasteiger partial charge < -0.3 is 60.4 Å². The van der Waals surface area contributed by atoms with E-state index < -0.39 is 14.2 Å². The van der Waals surface area contributed by atoms with Crippen LogP contribution in [0.1, 0.15) is 0 Å². The van der Waals surface area contributed by atoms with E-state index in [0.29, 0.717) is 0 Å². The number of hydrogen-bond acceptors (Lipinski definition) is 12. The van der Waals surface area contributed by atoms with E-state index in [1.54, 1.807) is 65.5 Å². The van der Waals surface area contributed by atoms with Gasteiger partial charge in [-0.05, 0) is 0 Å². The standard InChI is InChI=1S/2C6H7BN9.Fe.6H2O/c2*1-8-4-14(11-1)7(15-5-9-2-12-15)16-6-10-3-13-16;;;;;;;/h2*1-7H;;6*1H2/q2*-1;+2;;;;;;. The van der Waals surface area contributed by atoms with Crippen molar-refractivity contribution in [2.24, 2.45) is 0 Å². The molecule has 0 fully saturated rings. The van der Waals surface area contributed by atoms with Gasteiger partial charge in [0.05, 0.1) is 38.0 Å². The van der Waals surface area contributed by atoms with E-state index in [4.69, 9.17) is 0 Å². The van der Waals surface area contributed by atoms with Crippen LogP contribution in [0.25, 0.3) is 0 Å². The number of rotatable bonds is 6. The third kappa shape index (κ3) is 8.65. The van der Waals surface area contributed by atoms with Gasteiger partial charge in [-0.1, -0.05) is 0 Å². The van der Waals surface area contributed by atoms with Crippen LogP contribution in [0.2, 0.25) is 0 Å². The second kappa shape index (κ2) is 18.5. The van der Waals surface area contributed by atoms with Crippen LogP contribution in [0.5, 0.6) is 0 Å². The molecule has 39 heavy (non-hydrogen) atoms. The normalized spacial score (nSPS) is 9.08. The molecule has 12 N–H and O–H groups in total. The van der Waals surface area contributed by atoms with Crippen LogP contribution >= 0.6 is 0 Å². The SMILES string of the molecule is O.O.O.O.O.O.[Fe+2].c1ncn([BH-](n2cncn2)n2cncn2)n1.c1ncn([BH-](n2cncn2)n2cncn2)n1. The van der Waals surface area contributed by atoms with E-state index in [1.807, 2.05) is 0 Å². The maximum Gasteiger partial charge on any atom is 2.00 e. The van der Waals surface area contributed by atoms with Gasteiger partial charge in [-0.2, -0.15) is 0 Å². The summed E-state index contributed by atoms with van der Waals surface area (Å²) in [5.41, 5.74) is 0. The molecule has 0 bridgehead atoms. The van der Waals surface area contributed by atoms with E-state index in [9.17, 15) is 0 Å². The molecule has 27 heteroatoms. The summed E-state index contributed by atoms with van der Waals surface area (Å²) in [5, 5.41) is 24.6. The molecule has 0 saturated heterocycles. The summed E-state index contributed by atoms with van der Waals surface area (Å²) in [6, 6.07) is 0. The smallest absolute Gasteiger partial charge is 0.412 e. The molecule has 6 aromatic heterocycles. The van der Waals surface area contributed by atoms with Gasteiger partial charge in [0.1, 0.15) is 38.0 Å². The van der Waals surface area contributed by atoms with Crippen LogP contribution in [0.3, 0.4) is 0 Å². The Bertz CT molecular complexity index is 1020. The van der Waals surface area contributed by atoms with E-state index in [-0.39, 0.29) is 49.9 Å². The first kappa shape index (κ1) is 38.8. The molecular weight excluding hydrogens is 570 g/mol. The van der Waals surface area contributed by atoms with Gasteiger partial charge in [0.15, 0.2) is 0 Å². The maximum atomic E-state index is 4.09. The summed E-state index contributed by atoms with van der Waals surface area (Å²) in [5.74, 6) is 0. The molecule has 0 radical (unpaired) electrons. The molecule has 0 unspecified atom stereocenters. The minimum Gasteiger partial charge on any atom is -0.412 e. The zero-order chi connectivity index (χ0) is 21.6. The second-order valence-electron chi connectivity index (χ2n) is 6.46. The van der Waals surface area contributed by atoms with Gasteiger partial charge in [-0.3, -0.25) is 0 Å². The van der Waals surface area contributed by atoms with Gasteiger partial charge >= 0.3 is 31.3 Å². The van der Waals surface area contributed by atoms with Crippen molar-refractivity contribution in [1.29, 1.82) is 0 Å².